The summed E-state index contributed by atoms with van der Waals surface area (Å²) in [7, 11) is -3.82. The van der Waals surface area contributed by atoms with Gasteiger partial charge < -0.3 is 10.2 Å². The quantitative estimate of drug-likeness (QED) is 0.321. The summed E-state index contributed by atoms with van der Waals surface area (Å²) in [5.41, 5.74) is 1.77. The number of unbranched alkanes of at least 4 members (excludes halogenated alkanes) is 1. The summed E-state index contributed by atoms with van der Waals surface area (Å²) in [4.78, 5) is 28.3. The lowest BCUT2D eigenvalue weighted by atomic mass is 9.87. The molecule has 0 saturated carbocycles. The first kappa shape index (κ1) is 31.9. The van der Waals surface area contributed by atoms with Gasteiger partial charge in [-0.2, -0.15) is 0 Å². The molecule has 0 aliphatic heterocycles. The summed E-state index contributed by atoms with van der Waals surface area (Å²) in [6.45, 7) is 9.98. The van der Waals surface area contributed by atoms with Crippen LogP contribution in [-0.4, -0.2) is 50.5 Å². The molecule has 0 saturated heterocycles. The van der Waals surface area contributed by atoms with Crippen LogP contribution < -0.4 is 9.62 Å². The Hall–Kier alpha value is -2.29. The van der Waals surface area contributed by atoms with Crippen molar-refractivity contribution in [3.8, 4) is 0 Å². The zero-order chi connectivity index (χ0) is 28.7. The van der Waals surface area contributed by atoms with E-state index >= 15 is 0 Å². The maximum absolute atomic E-state index is 13.8. The largest absolute Gasteiger partial charge is 0.354 e. The van der Waals surface area contributed by atoms with Gasteiger partial charge in [0, 0.05) is 28.7 Å². The first-order chi connectivity index (χ1) is 17.7. The zero-order valence-corrected chi connectivity index (χ0v) is 25.4. The van der Waals surface area contributed by atoms with E-state index in [1.807, 2.05) is 19.1 Å². The van der Waals surface area contributed by atoms with Crippen molar-refractivity contribution < 1.29 is 18.0 Å². The van der Waals surface area contributed by atoms with Gasteiger partial charge in [0.2, 0.25) is 21.8 Å². The molecule has 2 rings (SSSR count). The third-order valence-corrected chi connectivity index (χ3v) is 8.15. The number of benzene rings is 2. The van der Waals surface area contributed by atoms with Crippen LogP contribution >= 0.6 is 23.2 Å². The fourth-order valence-corrected chi connectivity index (χ4v) is 5.39. The second-order valence-corrected chi connectivity index (χ2v) is 13.1. The molecule has 210 valence electrons. The van der Waals surface area contributed by atoms with Crippen LogP contribution in [0.15, 0.2) is 42.5 Å². The van der Waals surface area contributed by atoms with Crippen LogP contribution in [0.4, 0.5) is 5.69 Å². The number of carbonyl (C=O) groups is 2. The molecule has 0 aliphatic rings. The van der Waals surface area contributed by atoms with Crippen molar-refractivity contribution in [2.24, 2.45) is 0 Å². The molecule has 0 heterocycles. The molecule has 2 aromatic carbocycles. The maximum atomic E-state index is 13.8. The van der Waals surface area contributed by atoms with Gasteiger partial charge in [0.15, 0.2) is 0 Å². The minimum Gasteiger partial charge on any atom is -0.354 e. The summed E-state index contributed by atoms with van der Waals surface area (Å²) < 4.78 is 26.7. The number of hydrogen-bond donors (Lipinski definition) is 1. The van der Waals surface area contributed by atoms with E-state index in [-0.39, 0.29) is 17.9 Å². The Morgan fingerprint density at radius 1 is 1.00 bits per heavy atom. The van der Waals surface area contributed by atoms with E-state index in [1.165, 1.54) is 4.90 Å². The number of amides is 2. The van der Waals surface area contributed by atoms with E-state index in [0.717, 1.165) is 29.0 Å². The topological polar surface area (TPSA) is 86.8 Å². The first-order valence-corrected chi connectivity index (χ1v) is 15.4. The Balaban J connectivity index is 2.47. The van der Waals surface area contributed by atoms with Crippen LogP contribution in [-0.2, 0) is 31.6 Å². The Morgan fingerprint density at radius 3 is 2.05 bits per heavy atom. The molecule has 2 aromatic rings. The molecule has 1 atom stereocenters. The molecule has 0 spiro atoms. The molecule has 0 radical (unpaired) electrons. The number of nitrogens with zero attached hydrogens (tertiary/aromatic N) is 2. The number of carbonyl (C=O) groups excluding carboxylic acids is 2. The van der Waals surface area contributed by atoms with Crippen LogP contribution in [0, 0.1) is 0 Å². The number of halogens is 2. The Labute approximate surface area is 237 Å². The van der Waals surface area contributed by atoms with Crippen LogP contribution in [0.3, 0.4) is 0 Å². The number of hydrogen-bond acceptors (Lipinski definition) is 4. The molecule has 0 fully saturated rings. The highest BCUT2D eigenvalue weighted by molar-refractivity contribution is 7.92. The van der Waals surface area contributed by atoms with Gasteiger partial charge in [0.05, 0.1) is 11.9 Å². The number of rotatable bonds is 12. The first-order valence-electron chi connectivity index (χ1n) is 12.8. The third-order valence-electron chi connectivity index (χ3n) is 6.31. The predicted octanol–water partition coefficient (Wildman–Crippen LogP) is 5.78. The van der Waals surface area contributed by atoms with Gasteiger partial charge >= 0.3 is 0 Å². The fraction of sp³-hybridized carbons (Fsp3) is 0.500. The van der Waals surface area contributed by atoms with Crippen molar-refractivity contribution in [2.45, 2.75) is 71.9 Å². The van der Waals surface area contributed by atoms with Crippen molar-refractivity contribution in [3.63, 3.8) is 0 Å². The minimum absolute atomic E-state index is 0.0440. The monoisotopic (exact) mass is 583 g/mol. The van der Waals surface area contributed by atoms with Gasteiger partial charge in [0.25, 0.3) is 0 Å². The van der Waals surface area contributed by atoms with Crippen molar-refractivity contribution >= 4 is 50.7 Å². The highest BCUT2D eigenvalue weighted by Crippen LogP contribution is 2.29. The lowest BCUT2D eigenvalue weighted by Gasteiger charge is -2.33. The Kier molecular flexibility index (Phi) is 11.5. The van der Waals surface area contributed by atoms with Crippen LogP contribution in [0.1, 0.15) is 65.0 Å². The van der Waals surface area contributed by atoms with Crippen LogP contribution in [0.25, 0.3) is 0 Å². The Morgan fingerprint density at radius 2 is 1.58 bits per heavy atom. The second kappa shape index (κ2) is 13.7. The molecular formula is C28H39Cl2N3O4S. The van der Waals surface area contributed by atoms with Crippen molar-refractivity contribution in [3.05, 3.63) is 63.6 Å². The van der Waals surface area contributed by atoms with E-state index in [2.05, 4.69) is 26.1 Å². The average Bonchev–Trinajstić information content (AvgIpc) is 2.83. The zero-order valence-electron chi connectivity index (χ0n) is 23.1. The molecule has 0 aromatic heterocycles. The van der Waals surface area contributed by atoms with E-state index in [0.29, 0.717) is 34.3 Å². The third kappa shape index (κ3) is 8.61. The minimum atomic E-state index is -3.82. The van der Waals surface area contributed by atoms with Crippen LogP contribution in [0.5, 0.6) is 0 Å². The lowest BCUT2D eigenvalue weighted by Crippen LogP contribution is -2.52. The standard InChI is InChI=1S/C28H39Cl2N3O4S/c1-7-9-17-31-27(35)25(8-2)32(18-22-23(29)11-10-12-24(22)30)26(34)19-33(38(6,36)37)21-15-13-20(14-16-21)28(3,4)5/h10-16,25H,7-9,17-19H2,1-6H3,(H,31,35)/t25-/m0/s1. The van der Waals surface area contributed by atoms with Gasteiger partial charge in [-0.1, -0.05) is 82.4 Å². The summed E-state index contributed by atoms with van der Waals surface area (Å²) in [6, 6.07) is 11.3. The van der Waals surface area contributed by atoms with Crippen LogP contribution in [0.2, 0.25) is 10.0 Å². The van der Waals surface area contributed by atoms with E-state index < -0.39 is 28.5 Å². The van der Waals surface area contributed by atoms with Gasteiger partial charge in [-0.3, -0.25) is 13.9 Å². The van der Waals surface area contributed by atoms with Gasteiger partial charge in [0.1, 0.15) is 12.6 Å². The molecule has 0 bridgehead atoms. The highest BCUT2D eigenvalue weighted by atomic mass is 35.5. The normalized spacial score (nSPS) is 12.6. The summed E-state index contributed by atoms with van der Waals surface area (Å²) in [6.07, 6.45) is 3.10. The van der Waals surface area contributed by atoms with E-state index in [4.69, 9.17) is 23.2 Å². The average molecular weight is 585 g/mol. The molecule has 0 aliphatic carbocycles. The smallest absolute Gasteiger partial charge is 0.244 e. The summed E-state index contributed by atoms with van der Waals surface area (Å²) in [5, 5.41) is 3.60. The maximum Gasteiger partial charge on any atom is 0.244 e. The van der Waals surface area contributed by atoms with Crippen molar-refractivity contribution in [2.75, 3.05) is 23.7 Å². The van der Waals surface area contributed by atoms with Gasteiger partial charge in [-0.15, -0.1) is 0 Å². The SMILES string of the molecule is CCCCNC(=O)[C@H](CC)N(Cc1c(Cl)cccc1Cl)C(=O)CN(c1ccc(C(C)(C)C)cc1)S(C)(=O)=O. The number of nitrogens with one attached hydrogen (secondary N) is 1. The van der Waals surface area contributed by atoms with Gasteiger partial charge in [-0.05, 0) is 48.1 Å². The molecule has 1 N–H and O–H groups in total. The van der Waals surface area contributed by atoms with Crippen molar-refractivity contribution in [1.29, 1.82) is 0 Å². The predicted molar refractivity (Wildman–Crippen MR) is 156 cm³/mol. The van der Waals surface area contributed by atoms with E-state index in [1.54, 1.807) is 37.3 Å². The fourth-order valence-electron chi connectivity index (χ4n) is 4.02. The molecule has 0 unspecified atom stereocenters. The van der Waals surface area contributed by atoms with Crippen molar-refractivity contribution in [1.82, 2.24) is 10.2 Å². The molecule has 2 amide bonds. The molecule has 7 nitrogen and oxygen atoms in total. The van der Waals surface area contributed by atoms with Gasteiger partial charge in [-0.25, -0.2) is 8.42 Å². The molecular weight excluding hydrogens is 545 g/mol. The molecule has 38 heavy (non-hydrogen) atoms. The van der Waals surface area contributed by atoms with E-state index in [9.17, 15) is 18.0 Å². The summed E-state index contributed by atoms with van der Waals surface area (Å²) >= 11 is 12.8. The molecule has 10 heteroatoms. The lowest BCUT2D eigenvalue weighted by molar-refractivity contribution is -0.140. The number of anilines is 1. The number of sulfonamides is 1. The Bertz CT molecular complexity index is 1190. The summed E-state index contributed by atoms with van der Waals surface area (Å²) in [5.74, 6) is -0.846. The second-order valence-electron chi connectivity index (χ2n) is 10.4. The highest BCUT2D eigenvalue weighted by Gasteiger charge is 2.32.